The van der Waals surface area contributed by atoms with Gasteiger partial charge in [-0.2, -0.15) is 0 Å². The monoisotopic (exact) mass is 503 g/mol. The van der Waals surface area contributed by atoms with Crippen LogP contribution in [0.5, 0.6) is 0 Å². The van der Waals surface area contributed by atoms with Crippen molar-refractivity contribution in [1.82, 2.24) is 0 Å². The van der Waals surface area contributed by atoms with Gasteiger partial charge in [-0.25, -0.2) is 0 Å². The molecule has 0 atom stereocenters. The predicted molar refractivity (Wildman–Crippen MR) is 156 cm³/mol. The summed E-state index contributed by atoms with van der Waals surface area (Å²) in [7, 11) is 0. The van der Waals surface area contributed by atoms with Gasteiger partial charge in [-0.15, -0.1) is 0 Å². The van der Waals surface area contributed by atoms with Gasteiger partial charge in [0.05, 0.1) is 19.6 Å². The standard InChI is InChI=1S/C31H58N.C2H4O2/c1-4-7-10-13-16-22-27-32(28-23-17-14-11-8-5-2,29-24-18-15-12-9-6-3)30-31-25-20-19-21-26-31;1-2(3)4/h19-21,25-26H,4-18,22-24,27-30H2,1-3H3;1H3,(H,3,4)/q+1;/p-1. The number of hydrogen-bond donors (Lipinski definition) is 0. The van der Waals surface area contributed by atoms with E-state index in [2.05, 4.69) is 51.1 Å². The average Bonchev–Trinajstić information content (AvgIpc) is 2.86. The van der Waals surface area contributed by atoms with E-state index in [1.165, 1.54) is 146 Å². The highest BCUT2D eigenvalue weighted by Gasteiger charge is 2.26. The molecule has 0 bridgehead atoms. The Balaban J connectivity index is 0.00000283. The van der Waals surface area contributed by atoms with E-state index in [9.17, 15) is 0 Å². The molecule has 0 amide bonds. The topological polar surface area (TPSA) is 40.1 Å². The third-order valence-electron chi connectivity index (χ3n) is 7.32. The average molecular weight is 504 g/mol. The van der Waals surface area contributed by atoms with Crippen LogP contribution in [0.4, 0.5) is 0 Å². The summed E-state index contributed by atoms with van der Waals surface area (Å²) in [6, 6.07) is 11.4. The van der Waals surface area contributed by atoms with Gasteiger partial charge >= 0.3 is 0 Å². The molecule has 0 radical (unpaired) electrons. The molecule has 0 aliphatic rings. The third kappa shape index (κ3) is 21.9. The van der Waals surface area contributed by atoms with Gasteiger partial charge in [0.25, 0.3) is 0 Å². The fourth-order valence-corrected chi connectivity index (χ4v) is 5.23. The van der Waals surface area contributed by atoms with E-state index in [1.54, 1.807) is 5.56 Å². The van der Waals surface area contributed by atoms with Crippen LogP contribution in [0.25, 0.3) is 0 Å². The van der Waals surface area contributed by atoms with Crippen molar-refractivity contribution in [3.05, 3.63) is 35.9 Å². The molecular formula is C33H61NO2. The number of rotatable bonds is 23. The molecule has 3 heteroatoms. The van der Waals surface area contributed by atoms with Gasteiger partial charge in [0.2, 0.25) is 0 Å². The summed E-state index contributed by atoms with van der Waals surface area (Å²) < 4.78 is 1.35. The highest BCUT2D eigenvalue weighted by atomic mass is 16.4. The van der Waals surface area contributed by atoms with Gasteiger partial charge in [-0.05, 0) is 45.4 Å². The number of hydrogen-bond acceptors (Lipinski definition) is 2. The minimum Gasteiger partial charge on any atom is -0.550 e. The molecule has 0 aliphatic heterocycles. The van der Waals surface area contributed by atoms with Crippen LogP contribution in [-0.4, -0.2) is 30.1 Å². The molecule has 0 saturated carbocycles. The van der Waals surface area contributed by atoms with Crippen molar-refractivity contribution >= 4 is 5.97 Å². The fraction of sp³-hybridized carbons (Fsp3) is 0.788. The quantitative estimate of drug-likeness (QED) is 0.110. The SMILES string of the molecule is CC(=O)[O-].CCCCCCCC[N+](CCCCCCCC)(CCCCCCCC)Cc1ccccc1. The zero-order chi connectivity index (χ0) is 26.7. The molecule has 1 aromatic rings. The Morgan fingerprint density at radius 3 is 1.22 bits per heavy atom. The van der Waals surface area contributed by atoms with E-state index < -0.39 is 5.97 Å². The molecule has 0 N–H and O–H groups in total. The molecule has 36 heavy (non-hydrogen) atoms. The molecule has 0 spiro atoms. The summed E-state index contributed by atoms with van der Waals surface area (Å²) in [6.07, 6.45) is 25.5. The van der Waals surface area contributed by atoms with Crippen molar-refractivity contribution in [2.75, 3.05) is 19.6 Å². The first kappa shape index (κ1) is 34.6. The van der Waals surface area contributed by atoms with E-state index in [1.807, 2.05) is 0 Å². The molecule has 1 rings (SSSR count). The fourth-order valence-electron chi connectivity index (χ4n) is 5.23. The maximum atomic E-state index is 8.89. The Bertz CT molecular complexity index is 542. The van der Waals surface area contributed by atoms with Crippen LogP contribution in [0.1, 0.15) is 149 Å². The van der Waals surface area contributed by atoms with Crippen molar-refractivity contribution in [1.29, 1.82) is 0 Å². The molecule has 3 nitrogen and oxygen atoms in total. The first-order valence-electron chi connectivity index (χ1n) is 15.6. The number of quaternary nitrogens is 1. The van der Waals surface area contributed by atoms with Crippen LogP contribution in [-0.2, 0) is 11.3 Å². The molecule has 0 fully saturated rings. The van der Waals surface area contributed by atoms with Gasteiger partial charge in [0.1, 0.15) is 6.54 Å². The minimum atomic E-state index is -1.08. The van der Waals surface area contributed by atoms with Crippen molar-refractivity contribution < 1.29 is 14.4 Å². The number of benzene rings is 1. The second kappa shape index (κ2) is 25.3. The number of aliphatic carboxylic acids is 1. The summed E-state index contributed by atoms with van der Waals surface area (Å²) >= 11 is 0. The van der Waals surface area contributed by atoms with Gasteiger partial charge in [0.15, 0.2) is 0 Å². The van der Waals surface area contributed by atoms with E-state index in [0.29, 0.717) is 0 Å². The molecule has 1 aromatic carbocycles. The number of unbranched alkanes of at least 4 members (excludes halogenated alkanes) is 15. The largest absolute Gasteiger partial charge is 0.550 e. The maximum Gasteiger partial charge on any atom is 0.104 e. The smallest absolute Gasteiger partial charge is 0.104 e. The molecule has 0 saturated heterocycles. The van der Waals surface area contributed by atoms with Crippen molar-refractivity contribution in [2.24, 2.45) is 0 Å². The molecule has 0 unspecified atom stereocenters. The number of carbonyl (C=O) groups excluding carboxylic acids is 1. The number of carbonyl (C=O) groups is 1. The molecule has 0 aromatic heterocycles. The third-order valence-corrected chi connectivity index (χ3v) is 7.32. The normalized spacial score (nSPS) is 11.2. The van der Waals surface area contributed by atoms with Crippen molar-refractivity contribution in [3.8, 4) is 0 Å². The Labute approximate surface area is 225 Å². The minimum absolute atomic E-state index is 0.972. The Hall–Kier alpha value is -1.35. The van der Waals surface area contributed by atoms with Crippen LogP contribution >= 0.6 is 0 Å². The van der Waals surface area contributed by atoms with Crippen LogP contribution in [0.15, 0.2) is 30.3 Å². The predicted octanol–water partition coefficient (Wildman–Crippen LogP) is 8.84. The van der Waals surface area contributed by atoms with Gasteiger partial charge in [0, 0.05) is 11.5 Å². The van der Waals surface area contributed by atoms with Crippen LogP contribution in [0.2, 0.25) is 0 Å². The second-order valence-corrected chi connectivity index (χ2v) is 11.0. The van der Waals surface area contributed by atoms with Crippen molar-refractivity contribution in [2.45, 2.75) is 150 Å². The Morgan fingerprint density at radius 2 is 0.889 bits per heavy atom. The maximum absolute atomic E-state index is 8.89. The second-order valence-electron chi connectivity index (χ2n) is 11.0. The zero-order valence-corrected chi connectivity index (χ0v) is 24.7. The lowest BCUT2D eigenvalue weighted by Crippen LogP contribution is -2.49. The van der Waals surface area contributed by atoms with Gasteiger partial charge in [-0.1, -0.05) is 128 Å². The lowest BCUT2D eigenvalue weighted by molar-refractivity contribution is -0.941. The van der Waals surface area contributed by atoms with E-state index in [-0.39, 0.29) is 0 Å². The number of nitrogens with zero attached hydrogens (tertiary/aromatic N) is 1. The lowest BCUT2D eigenvalue weighted by atomic mass is 10.0. The summed E-state index contributed by atoms with van der Waals surface area (Å²) in [4.78, 5) is 8.89. The van der Waals surface area contributed by atoms with E-state index in [4.69, 9.17) is 9.90 Å². The summed E-state index contributed by atoms with van der Waals surface area (Å²) in [6.45, 7) is 13.4. The zero-order valence-electron chi connectivity index (χ0n) is 24.7. The molecule has 210 valence electrons. The van der Waals surface area contributed by atoms with Crippen LogP contribution < -0.4 is 5.11 Å². The van der Waals surface area contributed by atoms with Gasteiger partial charge < -0.3 is 14.4 Å². The van der Waals surface area contributed by atoms with Gasteiger partial charge in [-0.3, -0.25) is 0 Å². The first-order chi connectivity index (χ1) is 17.5. The molecule has 0 heterocycles. The van der Waals surface area contributed by atoms with Crippen LogP contribution in [0, 0.1) is 0 Å². The Kier molecular flexibility index (Phi) is 24.4. The number of carboxylic acid groups (broad SMARTS) is 1. The van der Waals surface area contributed by atoms with Crippen molar-refractivity contribution in [3.63, 3.8) is 0 Å². The summed E-state index contributed by atoms with van der Waals surface area (Å²) in [5, 5.41) is 8.89. The van der Waals surface area contributed by atoms with E-state index >= 15 is 0 Å². The lowest BCUT2D eigenvalue weighted by Gasteiger charge is -2.39. The highest BCUT2D eigenvalue weighted by Crippen LogP contribution is 2.22. The summed E-state index contributed by atoms with van der Waals surface area (Å²) in [5.41, 5.74) is 1.55. The molecule has 0 aliphatic carbocycles. The van der Waals surface area contributed by atoms with E-state index in [0.717, 1.165) is 6.92 Å². The molecular weight excluding hydrogens is 442 g/mol. The Morgan fingerprint density at radius 1 is 0.583 bits per heavy atom. The number of carboxylic acids is 1. The highest BCUT2D eigenvalue weighted by molar-refractivity contribution is 5.60. The summed E-state index contributed by atoms with van der Waals surface area (Å²) in [5.74, 6) is -1.08. The van der Waals surface area contributed by atoms with Crippen LogP contribution in [0.3, 0.4) is 0 Å². The first-order valence-corrected chi connectivity index (χ1v) is 15.6.